The van der Waals surface area contributed by atoms with Crippen molar-refractivity contribution in [1.29, 1.82) is 0 Å². The zero-order valence-electron chi connectivity index (χ0n) is 12.3. The molecular weight excluding hydrogens is 357 g/mol. The van der Waals surface area contributed by atoms with Crippen LogP contribution in [0.1, 0.15) is 13.3 Å². The van der Waals surface area contributed by atoms with Gasteiger partial charge in [0.2, 0.25) is 10.0 Å². The third kappa shape index (κ3) is 4.50. The lowest BCUT2D eigenvalue weighted by molar-refractivity contribution is -0.0522. The highest BCUT2D eigenvalue weighted by atomic mass is 35.5. The molecular formula is C13H18ClF3N2O3S. The third-order valence-electron chi connectivity index (χ3n) is 3.69. The summed E-state index contributed by atoms with van der Waals surface area (Å²) >= 11 is 0. The van der Waals surface area contributed by atoms with Crippen LogP contribution in [0.2, 0.25) is 0 Å². The number of hydrogen-bond donors (Lipinski definition) is 1. The van der Waals surface area contributed by atoms with Gasteiger partial charge in [0.25, 0.3) is 0 Å². The monoisotopic (exact) mass is 374 g/mol. The Hall–Kier alpha value is -1.03. The van der Waals surface area contributed by atoms with Crippen LogP contribution in [0.3, 0.4) is 0 Å². The molecule has 2 unspecified atom stereocenters. The average Bonchev–Trinajstić information content (AvgIpc) is 2.91. The summed E-state index contributed by atoms with van der Waals surface area (Å²) in [6.07, 6.45) is 0.631. The maximum absolute atomic E-state index is 13.7. The van der Waals surface area contributed by atoms with Crippen molar-refractivity contribution in [1.82, 2.24) is 4.31 Å². The van der Waals surface area contributed by atoms with Crippen molar-refractivity contribution in [3.05, 3.63) is 24.0 Å². The fraction of sp³-hybridized carbons (Fsp3) is 0.538. The second-order valence-electron chi connectivity index (χ2n) is 5.24. The minimum absolute atomic E-state index is 0. The van der Waals surface area contributed by atoms with E-state index in [0.717, 1.165) is 12.1 Å². The summed E-state index contributed by atoms with van der Waals surface area (Å²) in [6, 6.07) is 2.48. The lowest BCUT2D eigenvalue weighted by atomic mass is 10.0. The number of alkyl halides is 2. The first-order valence-electron chi connectivity index (χ1n) is 6.72. The molecule has 23 heavy (non-hydrogen) atoms. The van der Waals surface area contributed by atoms with E-state index in [-0.39, 0.29) is 35.8 Å². The maximum atomic E-state index is 13.7. The average molecular weight is 375 g/mol. The predicted octanol–water partition coefficient (Wildman–Crippen LogP) is 2.21. The Kier molecular flexibility index (Phi) is 6.70. The lowest BCUT2D eigenvalue weighted by Gasteiger charge is -2.18. The zero-order valence-corrected chi connectivity index (χ0v) is 13.9. The number of ether oxygens (including phenoxy) is 1. The minimum atomic E-state index is -3.88. The van der Waals surface area contributed by atoms with Crippen LogP contribution in [-0.4, -0.2) is 38.5 Å². The summed E-state index contributed by atoms with van der Waals surface area (Å²) < 4.78 is 67.8. The second kappa shape index (κ2) is 7.69. The van der Waals surface area contributed by atoms with Gasteiger partial charge in [0.05, 0.1) is 4.90 Å². The first kappa shape index (κ1) is 20.0. The van der Waals surface area contributed by atoms with Crippen LogP contribution < -0.4 is 10.5 Å². The Morgan fingerprint density at radius 3 is 2.52 bits per heavy atom. The summed E-state index contributed by atoms with van der Waals surface area (Å²) in [5.41, 5.74) is 5.76. The molecule has 1 saturated heterocycles. The van der Waals surface area contributed by atoms with E-state index in [2.05, 4.69) is 4.74 Å². The van der Waals surface area contributed by atoms with Crippen LogP contribution in [0.15, 0.2) is 23.1 Å². The Bertz CT molecular complexity index is 643. The highest BCUT2D eigenvalue weighted by molar-refractivity contribution is 7.89. The van der Waals surface area contributed by atoms with Crippen molar-refractivity contribution in [2.75, 3.05) is 13.1 Å². The molecule has 10 heteroatoms. The molecule has 0 saturated carbocycles. The molecule has 0 bridgehead atoms. The molecule has 0 aromatic heterocycles. The standard InChI is InChI=1S/C13H17F3N2O3S.ClH/c1-8(17)9-4-5-18(7-9)22(19,20)10-2-3-12(11(14)6-10)21-13(15)16;/h2-3,6,8-9,13H,4-5,7,17H2,1H3;1H. The molecule has 1 aromatic rings. The smallest absolute Gasteiger partial charge is 0.387 e. The summed E-state index contributed by atoms with van der Waals surface area (Å²) in [7, 11) is -3.88. The van der Waals surface area contributed by atoms with E-state index >= 15 is 0 Å². The van der Waals surface area contributed by atoms with E-state index in [1.54, 1.807) is 6.92 Å². The molecule has 1 aliphatic heterocycles. The van der Waals surface area contributed by atoms with E-state index in [1.807, 2.05) is 0 Å². The number of sulfonamides is 1. The molecule has 2 atom stereocenters. The fourth-order valence-corrected chi connectivity index (χ4v) is 3.91. The molecule has 0 radical (unpaired) electrons. The molecule has 2 rings (SSSR count). The van der Waals surface area contributed by atoms with Gasteiger partial charge in [-0.15, -0.1) is 12.4 Å². The van der Waals surface area contributed by atoms with Gasteiger partial charge < -0.3 is 10.5 Å². The van der Waals surface area contributed by atoms with E-state index in [9.17, 15) is 21.6 Å². The van der Waals surface area contributed by atoms with Crippen molar-refractivity contribution < 1.29 is 26.3 Å². The number of nitrogens with two attached hydrogens (primary N) is 1. The molecule has 1 aromatic carbocycles. The molecule has 1 fully saturated rings. The first-order chi connectivity index (χ1) is 10.2. The van der Waals surface area contributed by atoms with E-state index < -0.39 is 28.2 Å². The largest absolute Gasteiger partial charge is 0.432 e. The number of benzene rings is 1. The molecule has 1 heterocycles. The van der Waals surface area contributed by atoms with Gasteiger partial charge in [0, 0.05) is 19.1 Å². The molecule has 132 valence electrons. The molecule has 0 aliphatic carbocycles. The minimum Gasteiger partial charge on any atom is -0.432 e. The van der Waals surface area contributed by atoms with Gasteiger partial charge in [-0.05, 0) is 37.5 Å². The van der Waals surface area contributed by atoms with Gasteiger partial charge in [0.1, 0.15) is 0 Å². The number of nitrogens with zero attached hydrogens (tertiary/aromatic N) is 1. The van der Waals surface area contributed by atoms with Crippen molar-refractivity contribution in [3.8, 4) is 5.75 Å². The van der Waals surface area contributed by atoms with Crippen molar-refractivity contribution in [3.63, 3.8) is 0 Å². The molecule has 0 spiro atoms. The Morgan fingerprint density at radius 2 is 2.04 bits per heavy atom. The van der Waals surface area contributed by atoms with E-state index in [4.69, 9.17) is 5.73 Å². The second-order valence-corrected chi connectivity index (χ2v) is 7.18. The van der Waals surface area contributed by atoms with Gasteiger partial charge in [-0.25, -0.2) is 12.8 Å². The van der Waals surface area contributed by atoms with Gasteiger partial charge >= 0.3 is 6.61 Å². The number of rotatable bonds is 5. The van der Waals surface area contributed by atoms with Crippen LogP contribution in [-0.2, 0) is 10.0 Å². The summed E-state index contributed by atoms with van der Waals surface area (Å²) in [4.78, 5) is -0.294. The zero-order chi connectivity index (χ0) is 16.5. The Labute approximate surface area is 139 Å². The first-order valence-corrected chi connectivity index (χ1v) is 8.16. The topological polar surface area (TPSA) is 72.6 Å². The van der Waals surface area contributed by atoms with Gasteiger partial charge in [0.15, 0.2) is 11.6 Å². The molecule has 1 aliphatic rings. The Balaban J connectivity index is 0.00000264. The summed E-state index contributed by atoms with van der Waals surface area (Å²) in [5.74, 6) is -1.80. The molecule has 0 amide bonds. The SMILES string of the molecule is CC(N)C1CCN(S(=O)(=O)c2ccc(OC(F)F)c(F)c2)C1.Cl. The van der Waals surface area contributed by atoms with Crippen molar-refractivity contribution >= 4 is 22.4 Å². The van der Waals surface area contributed by atoms with Gasteiger partial charge in [-0.2, -0.15) is 13.1 Å². The Morgan fingerprint density at radius 1 is 1.39 bits per heavy atom. The lowest BCUT2D eigenvalue weighted by Crippen LogP contribution is -2.33. The molecule has 2 N–H and O–H groups in total. The van der Waals surface area contributed by atoms with Crippen LogP contribution >= 0.6 is 12.4 Å². The molecule has 5 nitrogen and oxygen atoms in total. The van der Waals surface area contributed by atoms with Gasteiger partial charge in [-0.3, -0.25) is 0 Å². The van der Waals surface area contributed by atoms with Crippen LogP contribution in [0.4, 0.5) is 13.2 Å². The highest BCUT2D eigenvalue weighted by Crippen LogP contribution is 2.28. The number of hydrogen-bond acceptors (Lipinski definition) is 4. The fourth-order valence-electron chi connectivity index (χ4n) is 2.38. The van der Waals surface area contributed by atoms with E-state index in [1.165, 1.54) is 4.31 Å². The third-order valence-corrected chi connectivity index (χ3v) is 5.55. The van der Waals surface area contributed by atoms with Crippen molar-refractivity contribution in [2.45, 2.75) is 30.9 Å². The highest BCUT2D eigenvalue weighted by Gasteiger charge is 2.34. The van der Waals surface area contributed by atoms with E-state index in [0.29, 0.717) is 19.0 Å². The van der Waals surface area contributed by atoms with Crippen molar-refractivity contribution in [2.24, 2.45) is 11.7 Å². The summed E-state index contributed by atoms with van der Waals surface area (Å²) in [6.45, 7) is -0.818. The number of halogens is 4. The van der Waals surface area contributed by atoms with Crippen LogP contribution in [0, 0.1) is 11.7 Å². The quantitative estimate of drug-likeness (QED) is 0.857. The normalized spacial score (nSPS) is 20.3. The predicted molar refractivity (Wildman–Crippen MR) is 80.8 cm³/mol. The maximum Gasteiger partial charge on any atom is 0.387 e. The summed E-state index contributed by atoms with van der Waals surface area (Å²) in [5, 5.41) is 0. The van der Waals surface area contributed by atoms with Crippen LogP contribution in [0.25, 0.3) is 0 Å². The van der Waals surface area contributed by atoms with Crippen LogP contribution in [0.5, 0.6) is 5.75 Å². The van der Waals surface area contributed by atoms with Gasteiger partial charge in [-0.1, -0.05) is 0 Å².